The zero-order chi connectivity index (χ0) is 24.8. The third-order valence-corrected chi connectivity index (χ3v) is 6.58. The molecular formula is C27H17FN4O3S. The molecule has 0 spiro atoms. The lowest BCUT2D eigenvalue weighted by Crippen LogP contribution is -2.13. The van der Waals surface area contributed by atoms with E-state index >= 15 is 0 Å². The molecule has 3 aromatic heterocycles. The SMILES string of the molecule is Cc1ccc2oc(-c3ccc(C(=O)Nc4nc5scc(-c6ccc(F)cc6)n5n4)cc3)cc(=O)c2c1. The van der Waals surface area contributed by atoms with Gasteiger partial charge in [-0.1, -0.05) is 23.8 Å². The number of halogens is 1. The zero-order valence-corrected chi connectivity index (χ0v) is 19.7. The largest absolute Gasteiger partial charge is 0.456 e. The number of aromatic nitrogens is 3. The lowest BCUT2D eigenvalue weighted by Gasteiger charge is -2.05. The Balaban J connectivity index is 1.23. The van der Waals surface area contributed by atoms with Gasteiger partial charge < -0.3 is 4.42 Å². The summed E-state index contributed by atoms with van der Waals surface area (Å²) < 4.78 is 20.8. The van der Waals surface area contributed by atoms with Gasteiger partial charge >= 0.3 is 0 Å². The highest BCUT2D eigenvalue weighted by atomic mass is 32.1. The molecule has 1 N–H and O–H groups in total. The summed E-state index contributed by atoms with van der Waals surface area (Å²) in [6, 6.07) is 19.7. The molecule has 9 heteroatoms. The van der Waals surface area contributed by atoms with E-state index in [9.17, 15) is 14.0 Å². The maximum atomic E-state index is 13.3. The molecule has 1 amide bonds. The third-order valence-electron chi connectivity index (χ3n) is 5.76. The fraction of sp³-hybridized carbons (Fsp3) is 0.0370. The molecule has 0 aliphatic heterocycles. The van der Waals surface area contributed by atoms with Crippen molar-refractivity contribution in [1.82, 2.24) is 14.6 Å². The Kier molecular flexibility index (Phi) is 5.19. The molecule has 3 aromatic carbocycles. The maximum absolute atomic E-state index is 13.3. The molecule has 36 heavy (non-hydrogen) atoms. The highest BCUT2D eigenvalue weighted by molar-refractivity contribution is 7.15. The molecule has 3 heterocycles. The Labute approximate surface area is 207 Å². The number of hydrogen-bond acceptors (Lipinski definition) is 6. The van der Waals surface area contributed by atoms with Gasteiger partial charge in [0.15, 0.2) is 5.43 Å². The van der Waals surface area contributed by atoms with E-state index in [0.717, 1.165) is 16.8 Å². The van der Waals surface area contributed by atoms with Crippen LogP contribution in [0.15, 0.2) is 87.4 Å². The molecule has 176 valence electrons. The molecule has 0 radical (unpaired) electrons. The van der Waals surface area contributed by atoms with Crippen LogP contribution in [0.1, 0.15) is 15.9 Å². The summed E-state index contributed by atoms with van der Waals surface area (Å²) in [5.74, 6) is -0.109. The number of carbonyl (C=O) groups is 1. The first-order valence-corrected chi connectivity index (χ1v) is 11.9. The number of carbonyl (C=O) groups excluding carboxylic acids is 1. The van der Waals surface area contributed by atoms with Crippen molar-refractivity contribution >= 4 is 39.1 Å². The number of rotatable bonds is 4. The predicted molar refractivity (Wildman–Crippen MR) is 137 cm³/mol. The van der Waals surface area contributed by atoms with E-state index in [-0.39, 0.29) is 23.1 Å². The number of nitrogens with one attached hydrogen (secondary N) is 1. The van der Waals surface area contributed by atoms with Crippen molar-refractivity contribution < 1.29 is 13.6 Å². The lowest BCUT2D eigenvalue weighted by atomic mass is 10.1. The van der Waals surface area contributed by atoms with Gasteiger partial charge in [0.05, 0.1) is 11.1 Å². The van der Waals surface area contributed by atoms with Gasteiger partial charge in [-0.15, -0.1) is 16.4 Å². The summed E-state index contributed by atoms with van der Waals surface area (Å²) in [5.41, 5.74) is 3.98. The predicted octanol–water partition coefficient (Wildman–Crippen LogP) is 5.93. The number of anilines is 1. The van der Waals surface area contributed by atoms with Crippen molar-refractivity contribution in [2.24, 2.45) is 0 Å². The quantitative estimate of drug-likeness (QED) is 0.327. The third kappa shape index (κ3) is 3.95. The van der Waals surface area contributed by atoms with Crippen LogP contribution >= 0.6 is 11.3 Å². The van der Waals surface area contributed by atoms with Crippen LogP contribution in [0.4, 0.5) is 10.3 Å². The normalized spacial score (nSPS) is 11.3. The smallest absolute Gasteiger partial charge is 0.258 e. The van der Waals surface area contributed by atoms with Gasteiger partial charge in [0.25, 0.3) is 11.9 Å². The number of nitrogens with zero attached hydrogens (tertiary/aromatic N) is 3. The van der Waals surface area contributed by atoms with Crippen molar-refractivity contribution in [3.05, 3.63) is 105 Å². The lowest BCUT2D eigenvalue weighted by molar-refractivity contribution is 0.102. The average Bonchev–Trinajstić information content (AvgIpc) is 3.45. The number of aryl methyl sites for hydroxylation is 1. The summed E-state index contributed by atoms with van der Waals surface area (Å²) in [7, 11) is 0. The second-order valence-corrected chi connectivity index (χ2v) is 9.10. The molecule has 0 aliphatic carbocycles. The van der Waals surface area contributed by atoms with E-state index in [1.54, 1.807) is 53.0 Å². The van der Waals surface area contributed by atoms with Gasteiger partial charge in [0.1, 0.15) is 17.2 Å². The molecule has 6 rings (SSSR count). The van der Waals surface area contributed by atoms with Gasteiger partial charge in [-0.3, -0.25) is 14.9 Å². The molecule has 0 unspecified atom stereocenters. The Bertz CT molecular complexity index is 1820. The Hall–Kier alpha value is -4.63. The summed E-state index contributed by atoms with van der Waals surface area (Å²) in [6.45, 7) is 1.92. The summed E-state index contributed by atoms with van der Waals surface area (Å²) in [5, 5.41) is 9.50. The number of fused-ring (bicyclic) bond motifs is 2. The van der Waals surface area contributed by atoms with Crippen LogP contribution < -0.4 is 10.7 Å². The van der Waals surface area contributed by atoms with Crippen LogP contribution in [0.5, 0.6) is 0 Å². The van der Waals surface area contributed by atoms with Crippen LogP contribution in [-0.4, -0.2) is 20.5 Å². The van der Waals surface area contributed by atoms with Crippen molar-refractivity contribution in [3.8, 4) is 22.6 Å². The molecule has 0 bridgehead atoms. The first kappa shape index (κ1) is 21.9. The molecular weight excluding hydrogens is 479 g/mol. The minimum Gasteiger partial charge on any atom is -0.456 e. The topological polar surface area (TPSA) is 89.5 Å². The molecule has 0 fully saturated rings. The van der Waals surface area contributed by atoms with E-state index < -0.39 is 0 Å². The molecule has 6 aromatic rings. The Morgan fingerprint density at radius 2 is 1.75 bits per heavy atom. The minimum atomic E-state index is -0.376. The second kappa shape index (κ2) is 8.54. The van der Waals surface area contributed by atoms with E-state index in [1.165, 1.54) is 29.5 Å². The number of benzene rings is 3. The number of hydrogen-bond donors (Lipinski definition) is 1. The van der Waals surface area contributed by atoms with Gasteiger partial charge in [-0.25, -0.2) is 8.91 Å². The first-order valence-electron chi connectivity index (χ1n) is 11.0. The van der Waals surface area contributed by atoms with Gasteiger partial charge in [0, 0.05) is 28.1 Å². The second-order valence-electron chi connectivity index (χ2n) is 8.26. The van der Waals surface area contributed by atoms with Gasteiger partial charge in [-0.2, -0.15) is 4.98 Å². The summed E-state index contributed by atoms with van der Waals surface area (Å²) >= 11 is 1.37. The number of thiazole rings is 1. The highest BCUT2D eigenvalue weighted by Crippen LogP contribution is 2.27. The molecule has 0 saturated heterocycles. The fourth-order valence-electron chi connectivity index (χ4n) is 3.93. The van der Waals surface area contributed by atoms with E-state index in [4.69, 9.17) is 4.42 Å². The maximum Gasteiger partial charge on any atom is 0.258 e. The van der Waals surface area contributed by atoms with Crippen molar-refractivity contribution in [1.29, 1.82) is 0 Å². The minimum absolute atomic E-state index is 0.123. The number of amides is 1. The summed E-state index contributed by atoms with van der Waals surface area (Å²) in [4.78, 5) is 30.3. The van der Waals surface area contributed by atoms with Crippen LogP contribution in [0.2, 0.25) is 0 Å². The average molecular weight is 497 g/mol. The Morgan fingerprint density at radius 1 is 1.00 bits per heavy atom. The molecule has 0 saturated carbocycles. The fourth-order valence-corrected chi connectivity index (χ4v) is 4.76. The molecule has 7 nitrogen and oxygen atoms in total. The van der Waals surface area contributed by atoms with Crippen LogP contribution in [0, 0.1) is 12.7 Å². The van der Waals surface area contributed by atoms with E-state index in [2.05, 4.69) is 15.4 Å². The van der Waals surface area contributed by atoms with E-state index in [0.29, 0.717) is 32.8 Å². The van der Waals surface area contributed by atoms with E-state index in [1.807, 2.05) is 18.4 Å². The van der Waals surface area contributed by atoms with Crippen LogP contribution in [0.3, 0.4) is 0 Å². The van der Waals surface area contributed by atoms with Crippen LogP contribution in [-0.2, 0) is 0 Å². The highest BCUT2D eigenvalue weighted by Gasteiger charge is 2.15. The van der Waals surface area contributed by atoms with Crippen molar-refractivity contribution in [3.63, 3.8) is 0 Å². The van der Waals surface area contributed by atoms with Crippen molar-refractivity contribution in [2.75, 3.05) is 5.32 Å². The first-order chi connectivity index (χ1) is 17.4. The van der Waals surface area contributed by atoms with Crippen molar-refractivity contribution in [2.45, 2.75) is 6.92 Å². The van der Waals surface area contributed by atoms with Crippen LogP contribution in [0.25, 0.3) is 38.5 Å². The zero-order valence-electron chi connectivity index (χ0n) is 18.9. The van der Waals surface area contributed by atoms with Gasteiger partial charge in [-0.05, 0) is 55.5 Å². The summed E-state index contributed by atoms with van der Waals surface area (Å²) in [6.07, 6.45) is 0. The molecule has 0 atom stereocenters. The standard InChI is InChI=1S/C27H17FN4O3S/c1-15-2-11-23-20(12-15)22(33)13-24(35-23)17-3-5-18(6-4-17)25(34)29-26-30-27-32(31-26)21(14-36-27)16-7-9-19(28)10-8-16/h2-14H,1H3,(H,29,31,34). The Morgan fingerprint density at radius 3 is 2.53 bits per heavy atom. The molecule has 0 aliphatic rings. The van der Waals surface area contributed by atoms with Gasteiger partial charge in [0.2, 0.25) is 4.96 Å². The monoisotopic (exact) mass is 496 g/mol.